The van der Waals surface area contributed by atoms with Crippen molar-refractivity contribution in [1.82, 2.24) is 10.3 Å². The summed E-state index contributed by atoms with van der Waals surface area (Å²) < 4.78 is 0. The van der Waals surface area contributed by atoms with Gasteiger partial charge in [-0.15, -0.1) is 0 Å². The summed E-state index contributed by atoms with van der Waals surface area (Å²) >= 11 is 1.95. The third kappa shape index (κ3) is 2.98. The van der Waals surface area contributed by atoms with Crippen LogP contribution in [0.25, 0.3) is 0 Å². The topological polar surface area (TPSA) is 28.2 Å². The molecule has 21 heavy (non-hydrogen) atoms. The normalized spacial score (nSPS) is 27.9. The van der Waals surface area contributed by atoms with E-state index in [-0.39, 0.29) is 0 Å². The number of aromatic nitrogens is 1. The van der Waals surface area contributed by atoms with Crippen molar-refractivity contribution in [2.75, 3.05) is 18.0 Å². The van der Waals surface area contributed by atoms with Crippen LogP contribution in [-0.2, 0) is 6.42 Å². The molecule has 2 unspecified atom stereocenters. The summed E-state index contributed by atoms with van der Waals surface area (Å²) in [6.07, 6.45) is 6.26. The summed E-state index contributed by atoms with van der Waals surface area (Å²) in [4.78, 5) is 9.14. The highest BCUT2D eigenvalue weighted by molar-refractivity contribution is 7.15. The summed E-state index contributed by atoms with van der Waals surface area (Å²) in [7, 11) is 0. The van der Waals surface area contributed by atoms with Crippen LogP contribution in [0.1, 0.15) is 70.0 Å². The van der Waals surface area contributed by atoms with E-state index in [1.165, 1.54) is 47.9 Å². The first-order chi connectivity index (χ1) is 10.0. The number of hydrogen-bond acceptors (Lipinski definition) is 4. The molecule has 1 aliphatic carbocycles. The van der Waals surface area contributed by atoms with Gasteiger partial charge in [0.05, 0.1) is 5.69 Å². The van der Waals surface area contributed by atoms with Gasteiger partial charge < -0.3 is 10.2 Å². The molecule has 1 saturated heterocycles. The molecule has 0 aromatic carbocycles. The van der Waals surface area contributed by atoms with Gasteiger partial charge in [0.1, 0.15) is 0 Å². The predicted octanol–water partition coefficient (Wildman–Crippen LogP) is 4.14. The van der Waals surface area contributed by atoms with E-state index in [1.54, 1.807) is 0 Å². The first-order valence-corrected chi connectivity index (χ1v) is 9.35. The molecule has 118 valence electrons. The maximum Gasteiger partial charge on any atom is 0.186 e. The summed E-state index contributed by atoms with van der Waals surface area (Å²) in [6.45, 7) is 11.5. The predicted molar refractivity (Wildman–Crippen MR) is 91.3 cm³/mol. The van der Waals surface area contributed by atoms with Gasteiger partial charge in [0.2, 0.25) is 0 Å². The van der Waals surface area contributed by atoms with E-state index in [2.05, 4.69) is 37.9 Å². The van der Waals surface area contributed by atoms with Gasteiger partial charge in [0.15, 0.2) is 5.13 Å². The Morgan fingerprint density at radius 2 is 2.19 bits per heavy atom. The molecule has 0 radical (unpaired) electrons. The van der Waals surface area contributed by atoms with Gasteiger partial charge in [-0.1, -0.05) is 39.0 Å². The van der Waals surface area contributed by atoms with Crippen molar-refractivity contribution in [2.24, 2.45) is 5.41 Å². The second-order valence-electron chi connectivity index (χ2n) is 7.36. The molecule has 2 atom stereocenters. The molecule has 2 aliphatic rings. The maximum absolute atomic E-state index is 5.06. The Hall–Kier alpha value is -0.610. The van der Waals surface area contributed by atoms with Crippen molar-refractivity contribution in [3.63, 3.8) is 0 Å². The minimum absolute atomic E-state index is 0.361. The molecular weight excluding hydrogens is 278 g/mol. The zero-order valence-electron chi connectivity index (χ0n) is 13.9. The molecule has 0 spiro atoms. The molecule has 0 saturated carbocycles. The molecular formula is C17H29N3S. The zero-order valence-corrected chi connectivity index (χ0v) is 14.7. The first-order valence-electron chi connectivity index (χ1n) is 8.53. The van der Waals surface area contributed by atoms with Crippen LogP contribution in [0, 0.1) is 5.41 Å². The fraction of sp³-hybridized carbons (Fsp3) is 0.824. The van der Waals surface area contributed by atoms with Gasteiger partial charge in [0.25, 0.3) is 0 Å². The van der Waals surface area contributed by atoms with Crippen LogP contribution >= 0.6 is 11.3 Å². The van der Waals surface area contributed by atoms with Crippen molar-refractivity contribution < 1.29 is 0 Å². The monoisotopic (exact) mass is 307 g/mol. The number of rotatable bonds is 4. The Morgan fingerprint density at radius 3 is 2.90 bits per heavy atom. The minimum Gasteiger partial charge on any atom is -0.345 e. The molecule has 1 N–H and O–H groups in total. The molecule has 1 aromatic rings. The molecule has 3 nitrogen and oxygen atoms in total. The number of anilines is 1. The van der Waals surface area contributed by atoms with Gasteiger partial charge in [-0.3, -0.25) is 0 Å². The Balaban J connectivity index is 1.90. The summed E-state index contributed by atoms with van der Waals surface area (Å²) in [5, 5.41) is 4.96. The fourth-order valence-electron chi connectivity index (χ4n) is 3.97. The van der Waals surface area contributed by atoms with E-state index in [1.807, 2.05) is 11.3 Å². The maximum atomic E-state index is 5.06. The molecule has 1 fully saturated rings. The number of hydrogen-bond donors (Lipinski definition) is 1. The van der Waals surface area contributed by atoms with Crippen LogP contribution < -0.4 is 10.2 Å². The highest BCUT2D eigenvalue weighted by Crippen LogP contribution is 2.45. The number of nitrogens with zero attached hydrogens (tertiary/aromatic N) is 2. The third-order valence-corrected chi connectivity index (χ3v) is 6.23. The Kier molecular flexibility index (Phi) is 4.28. The minimum atomic E-state index is 0.361. The van der Waals surface area contributed by atoms with E-state index in [0.29, 0.717) is 17.5 Å². The average molecular weight is 308 g/mol. The Labute approximate surface area is 133 Å². The third-order valence-electron chi connectivity index (χ3n) is 4.98. The van der Waals surface area contributed by atoms with Gasteiger partial charge in [-0.05, 0) is 44.1 Å². The SMILES string of the molecule is CCNC1CC(C)(C)Cc2nc(N3CCCC3CC)sc21. The molecule has 3 rings (SSSR count). The Bertz CT molecular complexity index is 494. The van der Waals surface area contributed by atoms with E-state index >= 15 is 0 Å². The summed E-state index contributed by atoms with van der Waals surface area (Å²) in [5.41, 5.74) is 1.72. The lowest BCUT2D eigenvalue weighted by atomic mass is 9.76. The van der Waals surface area contributed by atoms with E-state index in [0.717, 1.165) is 13.0 Å². The standard InChI is InChI=1S/C17H29N3S/c1-5-12-8-7-9-20(12)16-19-14-11-17(3,4)10-13(18-6-2)15(14)21-16/h12-13,18H,5-11H2,1-4H3. The second-order valence-corrected chi connectivity index (χ2v) is 8.37. The highest BCUT2D eigenvalue weighted by atomic mass is 32.1. The van der Waals surface area contributed by atoms with Gasteiger partial charge >= 0.3 is 0 Å². The van der Waals surface area contributed by atoms with Crippen LogP contribution in [0.4, 0.5) is 5.13 Å². The van der Waals surface area contributed by atoms with Crippen LogP contribution in [0.2, 0.25) is 0 Å². The molecule has 1 aliphatic heterocycles. The van der Waals surface area contributed by atoms with Crippen molar-refractivity contribution >= 4 is 16.5 Å². The first kappa shape index (κ1) is 15.3. The van der Waals surface area contributed by atoms with Crippen molar-refractivity contribution in [1.29, 1.82) is 0 Å². The fourth-order valence-corrected chi connectivity index (χ4v) is 5.22. The second kappa shape index (κ2) is 5.88. The highest BCUT2D eigenvalue weighted by Gasteiger charge is 2.36. The van der Waals surface area contributed by atoms with Crippen LogP contribution in [0.15, 0.2) is 0 Å². The number of thiazole rings is 1. The summed E-state index contributed by atoms with van der Waals surface area (Å²) in [6, 6.07) is 1.21. The summed E-state index contributed by atoms with van der Waals surface area (Å²) in [5.74, 6) is 0. The largest absolute Gasteiger partial charge is 0.345 e. The molecule has 1 aromatic heterocycles. The smallest absolute Gasteiger partial charge is 0.186 e. The van der Waals surface area contributed by atoms with Crippen LogP contribution in [-0.4, -0.2) is 24.1 Å². The van der Waals surface area contributed by atoms with Crippen LogP contribution in [0.5, 0.6) is 0 Å². The lowest BCUT2D eigenvalue weighted by Crippen LogP contribution is -2.32. The van der Waals surface area contributed by atoms with Gasteiger partial charge in [-0.2, -0.15) is 0 Å². The van der Waals surface area contributed by atoms with Gasteiger partial charge in [0, 0.05) is 23.5 Å². The molecule has 2 heterocycles. The molecule has 4 heteroatoms. The van der Waals surface area contributed by atoms with E-state index in [9.17, 15) is 0 Å². The van der Waals surface area contributed by atoms with Crippen molar-refractivity contribution in [3.05, 3.63) is 10.6 Å². The number of fused-ring (bicyclic) bond motifs is 1. The Morgan fingerprint density at radius 1 is 1.38 bits per heavy atom. The van der Waals surface area contributed by atoms with Crippen molar-refractivity contribution in [2.45, 2.75) is 71.9 Å². The van der Waals surface area contributed by atoms with E-state index < -0.39 is 0 Å². The van der Waals surface area contributed by atoms with Crippen LogP contribution in [0.3, 0.4) is 0 Å². The average Bonchev–Trinajstić information content (AvgIpc) is 3.02. The molecule has 0 amide bonds. The lowest BCUT2D eigenvalue weighted by Gasteiger charge is -2.34. The lowest BCUT2D eigenvalue weighted by molar-refractivity contribution is 0.260. The van der Waals surface area contributed by atoms with Gasteiger partial charge in [-0.25, -0.2) is 4.98 Å². The van der Waals surface area contributed by atoms with E-state index in [4.69, 9.17) is 4.98 Å². The molecule has 0 bridgehead atoms. The quantitative estimate of drug-likeness (QED) is 0.906. The van der Waals surface area contributed by atoms with Crippen molar-refractivity contribution in [3.8, 4) is 0 Å². The number of nitrogens with one attached hydrogen (secondary N) is 1. The zero-order chi connectivity index (χ0) is 15.0.